The van der Waals surface area contributed by atoms with Crippen molar-refractivity contribution in [3.05, 3.63) is 11.6 Å². The van der Waals surface area contributed by atoms with Gasteiger partial charge in [-0.3, -0.25) is 0 Å². The van der Waals surface area contributed by atoms with Crippen LogP contribution in [0.1, 0.15) is 19.8 Å². The Bertz CT molecular complexity index is 186. The first-order valence-electron chi connectivity index (χ1n) is 5.83. The Labute approximate surface area is 92.8 Å². The van der Waals surface area contributed by atoms with Gasteiger partial charge in [0.2, 0.25) is 0 Å². The molecule has 1 aliphatic heterocycles. The number of nitrogens with one attached hydrogen (secondary N) is 1. The van der Waals surface area contributed by atoms with E-state index in [1.165, 1.54) is 12.0 Å². The molecule has 1 rings (SSSR count). The van der Waals surface area contributed by atoms with Gasteiger partial charge in [0.05, 0.1) is 13.2 Å². The first kappa shape index (κ1) is 12.7. The van der Waals surface area contributed by atoms with Crippen LogP contribution in [0.3, 0.4) is 0 Å². The molecular weight excluding hydrogens is 190 g/mol. The van der Waals surface area contributed by atoms with E-state index in [-0.39, 0.29) is 0 Å². The first-order chi connectivity index (χ1) is 7.36. The second-order valence-electron chi connectivity index (χ2n) is 3.97. The van der Waals surface area contributed by atoms with Crippen LogP contribution in [0, 0.1) is 5.92 Å². The highest BCUT2D eigenvalue weighted by Crippen LogP contribution is 2.16. The van der Waals surface area contributed by atoms with Crippen molar-refractivity contribution in [2.75, 3.05) is 40.0 Å². The van der Waals surface area contributed by atoms with Crippen LogP contribution in [0.2, 0.25) is 0 Å². The summed E-state index contributed by atoms with van der Waals surface area (Å²) >= 11 is 0. The van der Waals surface area contributed by atoms with Crippen LogP contribution in [-0.2, 0) is 9.47 Å². The van der Waals surface area contributed by atoms with E-state index >= 15 is 0 Å². The van der Waals surface area contributed by atoms with Gasteiger partial charge in [-0.2, -0.15) is 0 Å². The number of ether oxygens (including phenoxy) is 2. The summed E-state index contributed by atoms with van der Waals surface area (Å²) < 4.78 is 10.3. The van der Waals surface area contributed by atoms with E-state index in [1.807, 2.05) is 0 Å². The molecule has 0 spiro atoms. The zero-order valence-electron chi connectivity index (χ0n) is 9.92. The zero-order chi connectivity index (χ0) is 10.9. The number of hydrogen-bond donors (Lipinski definition) is 1. The summed E-state index contributed by atoms with van der Waals surface area (Å²) in [6.07, 6.45) is 4.69. The van der Waals surface area contributed by atoms with Crippen LogP contribution in [-0.4, -0.2) is 40.0 Å². The third-order valence-electron chi connectivity index (χ3n) is 2.73. The third kappa shape index (κ3) is 5.30. The number of rotatable bonds is 7. The summed E-state index contributed by atoms with van der Waals surface area (Å²) in [7, 11) is 1.73. The lowest BCUT2D eigenvalue weighted by Crippen LogP contribution is -2.22. The van der Waals surface area contributed by atoms with Crippen molar-refractivity contribution >= 4 is 0 Å². The fraction of sp³-hybridized carbons (Fsp3) is 0.833. The SMILES string of the molecule is CC/C(=C/C1CCOC1)CNCCOC. The molecule has 1 aliphatic rings. The van der Waals surface area contributed by atoms with Gasteiger partial charge in [-0.15, -0.1) is 0 Å². The Hall–Kier alpha value is -0.380. The minimum Gasteiger partial charge on any atom is -0.383 e. The molecular formula is C12H23NO2. The molecule has 15 heavy (non-hydrogen) atoms. The van der Waals surface area contributed by atoms with Crippen molar-refractivity contribution in [1.82, 2.24) is 5.32 Å². The molecule has 88 valence electrons. The maximum Gasteiger partial charge on any atom is 0.0587 e. The molecule has 1 heterocycles. The highest BCUT2D eigenvalue weighted by Gasteiger charge is 2.13. The summed E-state index contributed by atoms with van der Waals surface area (Å²) in [6.45, 7) is 6.73. The average molecular weight is 213 g/mol. The van der Waals surface area contributed by atoms with Crippen molar-refractivity contribution < 1.29 is 9.47 Å². The summed E-state index contributed by atoms with van der Waals surface area (Å²) in [5.41, 5.74) is 1.49. The molecule has 1 unspecified atom stereocenters. The summed E-state index contributed by atoms with van der Waals surface area (Å²) in [5.74, 6) is 0.643. The zero-order valence-corrected chi connectivity index (χ0v) is 9.92. The molecule has 0 bridgehead atoms. The van der Waals surface area contributed by atoms with E-state index in [1.54, 1.807) is 7.11 Å². The Balaban J connectivity index is 2.21. The molecule has 0 amide bonds. The maximum atomic E-state index is 5.36. The van der Waals surface area contributed by atoms with Crippen LogP contribution in [0.5, 0.6) is 0 Å². The fourth-order valence-electron chi connectivity index (χ4n) is 1.74. The third-order valence-corrected chi connectivity index (χ3v) is 2.73. The predicted octanol–water partition coefficient (Wildman–Crippen LogP) is 1.60. The summed E-state index contributed by atoms with van der Waals surface area (Å²) in [4.78, 5) is 0. The Morgan fingerprint density at radius 1 is 1.60 bits per heavy atom. The van der Waals surface area contributed by atoms with E-state index < -0.39 is 0 Å². The highest BCUT2D eigenvalue weighted by atomic mass is 16.5. The smallest absolute Gasteiger partial charge is 0.0587 e. The lowest BCUT2D eigenvalue weighted by atomic mass is 10.0. The molecule has 1 N–H and O–H groups in total. The van der Waals surface area contributed by atoms with Crippen molar-refractivity contribution in [2.45, 2.75) is 19.8 Å². The van der Waals surface area contributed by atoms with E-state index in [0.717, 1.165) is 39.3 Å². The van der Waals surface area contributed by atoms with Gasteiger partial charge in [0, 0.05) is 32.7 Å². The minimum absolute atomic E-state index is 0.643. The van der Waals surface area contributed by atoms with Gasteiger partial charge in [0.1, 0.15) is 0 Å². The lowest BCUT2D eigenvalue weighted by molar-refractivity contribution is 0.191. The van der Waals surface area contributed by atoms with Crippen LogP contribution < -0.4 is 5.32 Å². The molecule has 1 saturated heterocycles. The largest absolute Gasteiger partial charge is 0.383 e. The first-order valence-corrected chi connectivity index (χ1v) is 5.83. The lowest BCUT2D eigenvalue weighted by Gasteiger charge is -2.09. The number of hydrogen-bond acceptors (Lipinski definition) is 3. The molecule has 0 aromatic carbocycles. The van der Waals surface area contributed by atoms with Crippen molar-refractivity contribution in [2.24, 2.45) is 5.92 Å². The average Bonchev–Trinajstić information content (AvgIpc) is 2.75. The van der Waals surface area contributed by atoms with Crippen LogP contribution in [0.15, 0.2) is 11.6 Å². The molecule has 1 atom stereocenters. The Morgan fingerprint density at radius 3 is 3.07 bits per heavy atom. The van der Waals surface area contributed by atoms with Crippen LogP contribution in [0.4, 0.5) is 0 Å². The standard InChI is InChI=1S/C12H23NO2/c1-3-11(9-13-5-7-14-2)8-12-4-6-15-10-12/h8,12-13H,3-7,9-10H2,1-2H3/b11-8-. The van der Waals surface area contributed by atoms with E-state index in [9.17, 15) is 0 Å². The van der Waals surface area contributed by atoms with Crippen LogP contribution in [0.25, 0.3) is 0 Å². The molecule has 0 aromatic heterocycles. The second kappa shape index (κ2) is 7.85. The quantitative estimate of drug-likeness (QED) is 0.514. The monoisotopic (exact) mass is 213 g/mol. The van der Waals surface area contributed by atoms with Gasteiger partial charge >= 0.3 is 0 Å². The molecule has 0 aromatic rings. The number of methoxy groups -OCH3 is 1. The van der Waals surface area contributed by atoms with Crippen molar-refractivity contribution in [3.8, 4) is 0 Å². The molecule has 0 saturated carbocycles. The Morgan fingerprint density at radius 2 is 2.47 bits per heavy atom. The van der Waals surface area contributed by atoms with Gasteiger partial charge in [0.25, 0.3) is 0 Å². The van der Waals surface area contributed by atoms with E-state index in [4.69, 9.17) is 9.47 Å². The van der Waals surface area contributed by atoms with Gasteiger partial charge in [-0.05, 0) is 12.8 Å². The van der Waals surface area contributed by atoms with Crippen molar-refractivity contribution in [3.63, 3.8) is 0 Å². The van der Waals surface area contributed by atoms with Crippen molar-refractivity contribution in [1.29, 1.82) is 0 Å². The van der Waals surface area contributed by atoms with Crippen LogP contribution >= 0.6 is 0 Å². The maximum absolute atomic E-state index is 5.36. The van der Waals surface area contributed by atoms with Gasteiger partial charge in [-0.1, -0.05) is 18.6 Å². The topological polar surface area (TPSA) is 30.5 Å². The Kier molecular flexibility index (Phi) is 6.64. The van der Waals surface area contributed by atoms with E-state index in [2.05, 4.69) is 18.3 Å². The molecule has 0 aliphatic carbocycles. The summed E-state index contributed by atoms with van der Waals surface area (Å²) in [6, 6.07) is 0. The molecule has 1 fully saturated rings. The van der Waals surface area contributed by atoms with Gasteiger partial charge in [-0.25, -0.2) is 0 Å². The second-order valence-corrected chi connectivity index (χ2v) is 3.97. The molecule has 0 radical (unpaired) electrons. The normalized spacial score (nSPS) is 22.3. The molecule has 3 heteroatoms. The minimum atomic E-state index is 0.643. The highest BCUT2D eigenvalue weighted by molar-refractivity contribution is 5.06. The van der Waals surface area contributed by atoms with E-state index in [0.29, 0.717) is 5.92 Å². The summed E-state index contributed by atoms with van der Waals surface area (Å²) in [5, 5.41) is 3.38. The predicted molar refractivity (Wildman–Crippen MR) is 62.0 cm³/mol. The van der Waals surface area contributed by atoms with Gasteiger partial charge in [0.15, 0.2) is 0 Å². The van der Waals surface area contributed by atoms with Gasteiger partial charge < -0.3 is 14.8 Å². The molecule has 3 nitrogen and oxygen atoms in total. The fourth-order valence-corrected chi connectivity index (χ4v) is 1.74.